The Balaban J connectivity index is 2.51. The van der Waals surface area contributed by atoms with Gasteiger partial charge >= 0.3 is 5.96 Å². The van der Waals surface area contributed by atoms with E-state index in [0.717, 1.165) is 0 Å². The van der Waals surface area contributed by atoms with Crippen LogP contribution in [-0.4, -0.2) is 24.1 Å². The van der Waals surface area contributed by atoms with Gasteiger partial charge < -0.3 is 4.74 Å². The smallest absolute Gasteiger partial charge is 0.384 e. The molecule has 0 aliphatic heterocycles. The predicted molar refractivity (Wildman–Crippen MR) is 73.7 cm³/mol. The van der Waals surface area contributed by atoms with Crippen molar-refractivity contribution in [3.63, 3.8) is 0 Å². The lowest BCUT2D eigenvalue weighted by atomic mass is 10.2. The first-order valence-corrected chi connectivity index (χ1v) is 5.58. The zero-order valence-corrected chi connectivity index (χ0v) is 11.0. The molecule has 0 aromatic heterocycles. The lowest BCUT2D eigenvalue weighted by Gasteiger charge is -2.07. The number of hydrogen-bond acceptors (Lipinski definition) is 4. The van der Waals surface area contributed by atoms with Crippen LogP contribution in [0.1, 0.15) is 10.4 Å². The van der Waals surface area contributed by atoms with Gasteiger partial charge in [-0.25, -0.2) is 5.43 Å². The predicted octanol–water partition coefficient (Wildman–Crippen LogP) is -2.93. The number of hydrogen-bond donors (Lipinski definition) is 6. The van der Waals surface area contributed by atoms with E-state index in [-0.39, 0.29) is 17.0 Å². The van der Waals surface area contributed by atoms with E-state index < -0.39 is 0 Å². The molecule has 102 valence electrons. The van der Waals surface area contributed by atoms with Crippen molar-refractivity contribution >= 4 is 29.2 Å². The fourth-order valence-electron chi connectivity index (χ4n) is 1.11. The van der Waals surface area contributed by atoms with E-state index in [1.807, 2.05) is 0 Å². The number of amides is 1. The lowest BCUT2D eigenvalue weighted by molar-refractivity contribution is -0.473. The molecule has 0 fully saturated rings. The summed E-state index contributed by atoms with van der Waals surface area (Å²) in [5.41, 5.74) is 10.7. The lowest BCUT2D eigenvalue weighted by Crippen LogP contribution is -2.86. The van der Waals surface area contributed by atoms with Crippen LogP contribution < -0.4 is 37.6 Å². The maximum Gasteiger partial charge on any atom is 0.384 e. The molecule has 8 nitrogen and oxygen atoms in total. The summed E-state index contributed by atoms with van der Waals surface area (Å²) in [7, 11) is 1.55. The number of rotatable bonds is 2. The number of hydrazine groups is 2. The summed E-state index contributed by atoms with van der Waals surface area (Å²) < 4.78 is 4.99. The first kappa shape index (κ1) is 14.5. The van der Waals surface area contributed by atoms with Crippen LogP contribution in [0.4, 0.5) is 0 Å². The number of carbonyl (C=O) groups is 1. The Hall–Kier alpha value is -2.55. The van der Waals surface area contributed by atoms with E-state index in [1.165, 1.54) is 0 Å². The second-order valence-corrected chi connectivity index (χ2v) is 3.73. The molecule has 1 amide bonds. The highest BCUT2D eigenvalue weighted by atomic mass is 32.1. The average Bonchev–Trinajstić information content (AvgIpc) is 2.44. The van der Waals surface area contributed by atoms with Gasteiger partial charge in [0.1, 0.15) is 5.75 Å². The summed E-state index contributed by atoms with van der Waals surface area (Å²) in [6.45, 7) is 0. The third-order valence-corrected chi connectivity index (χ3v) is 2.25. The van der Waals surface area contributed by atoms with Gasteiger partial charge in [0.25, 0.3) is 5.91 Å². The van der Waals surface area contributed by atoms with Crippen molar-refractivity contribution in [3.05, 3.63) is 29.8 Å². The van der Waals surface area contributed by atoms with E-state index in [4.69, 9.17) is 28.5 Å². The topological polar surface area (TPSA) is 128 Å². The van der Waals surface area contributed by atoms with Crippen LogP contribution >= 0.6 is 12.2 Å². The Morgan fingerprint density at radius 2 is 1.95 bits per heavy atom. The van der Waals surface area contributed by atoms with Crippen molar-refractivity contribution in [3.8, 4) is 5.75 Å². The number of nitrogens with two attached hydrogens (primary N) is 2. The minimum atomic E-state index is -0.360. The standard InChI is InChI=1S/C10H14N6O2S/c1-18-7-4-2-6(3-5-7)8(17)13-10(19)16-15-9(11)14-12/h2-5H,12H2,1H3,(H3,11,14,15)(H2,13,16,17,19)/p+1. The molecular formula is C10H15N6O2S+. The summed E-state index contributed by atoms with van der Waals surface area (Å²) in [4.78, 5) is 11.8. The molecule has 0 unspecified atom stereocenters. The molecule has 0 aliphatic rings. The van der Waals surface area contributed by atoms with E-state index in [2.05, 4.69) is 21.3 Å². The highest BCUT2D eigenvalue weighted by Crippen LogP contribution is 2.10. The number of carbonyl (C=O) groups excluding carboxylic acids is 1. The van der Waals surface area contributed by atoms with E-state index in [9.17, 15) is 4.79 Å². The number of thiocarbonyl (C=S) groups is 1. The Morgan fingerprint density at radius 3 is 2.47 bits per heavy atom. The molecule has 0 aliphatic carbocycles. The molecule has 0 saturated heterocycles. The number of methoxy groups -OCH3 is 1. The Kier molecular flexibility index (Phi) is 5.35. The van der Waals surface area contributed by atoms with Gasteiger partial charge in [-0.2, -0.15) is 10.5 Å². The van der Waals surface area contributed by atoms with E-state index >= 15 is 0 Å². The summed E-state index contributed by atoms with van der Waals surface area (Å²) in [5.74, 6) is 5.38. The van der Waals surface area contributed by atoms with Crippen LogP contribution in [0, 0.1) is 0 Å². The molecule has 0 radical (unpaired) electrons. The molecule has 1 rings (SSSR count). The van der Waals surface area contributed by atoms with Gasteiger partial charge in [-0.05, 0) is 36.5 Å². The summed E-state index contributed by atoms with van der Waals surface area (Å²) in [5, 5.41) is 4.66. The zero-order valence-electron chi connectivity index (χ0n) is 10.2. The van der Waals surface area contributed by atoms with Gasteiger partial charge in [-0.3, -0.25) is 21.7 Å². The Bertz CT molecular complexity index is 487. The molecular weight excluding hydrogens is 268 g/mol. The number of benzene rings is 1. The fourth-order valence-corrected chi connectivity index (χ4v) is 1.25. The van der Waals surface area contributed by atoms with Gasteiger partial charge in [0.2, 0.25) is 5.11 Å². The van der Waals surface area contributed by atoms with Crippen LogP contribution in [0.25, 0.3) is 0 Å². The first-order valence-electron chi connectivity index (χ1n) is 5.17. The van der Waals surface area contributed by atoms with Crippen molar-refractivity contribution in [2.75, 3.05) is 7.11 Å². The number of ether oxygens (including phenoxy) is 1. The van der Waals surface area contributed by atoms with Crippen molar-refractivity contribution in [1.82, 2.24) is 16.2 Å². The van der Waals surface area contributed by atoms with Gasteiger partial charge in [-0.1, -0.05) is 0 Å². The third kappa shape index (κ3) is 4.68. The first-order chi connectivity index (χ1) is 9.06. The fraction of sp³-hybridized carbons (Fsp3) is 0.100. The number of nitrogens with one attached hydrogen (secondary N) is 4. The largest absolute Gasteiger partial charge is 0.497 e. The van der Waals surface area contributed by atoms with Gasteiger partial charge in [0.05, 0.1) is 7.11 Å². The molecule has 0 saturated carbocycles. The normalized spacial score (nSPS) is 10.5. The molecule has 0 spiro atoms. The summed E-state index contributed by atoms with van der Waals surface area (Å²) in [6, 6.07) is 6.58. The van der Waals surface area contributed by atoms with E-state index in [1.54, 1.807) is 31.4 Å². The highest BCUT2D eigenvalue weighted by molar-refractivity contribution is 7.80. The van der Waals surface area contributed by atoms with Crippen molar-refractivity contribution in [1.29, 1.82) is 0 Å². The summed E-state index contributed by atoms with van der Waals surface area (Å²) >= 11 is 4.88. The minimum absolute atomic E-state index is 0.0546. The maximum absolute atomic E-state index is 11.8. The molecule has 1 aromatic carbocycles. The van der Waals surface area contributed by atoms with Crippen LogP contribution in [0.3, 0.4) is 0 Å². The SMILES string of the molecule is COc1ccc(C(=O)NC(=S)NNC(N)=[NH+]N)cc1. The average molecular weight is 283 g/mol. The molecule has 0 heterocycles. The third-order valence-electron chi connectivity index (χ3n) is 2.05. The molecule has 0 atom stereocenters. The van der Waals surface area contributed by atoms with Crippen LogP contribution in [0.5, 0.6) is 5.75 Å². The van der Waals surface area contributed by atoms with Crippen molar-refractivity contribution < 1.29 is 14.6 Å². The quantitative estimate of drug-likeness (QED) is 0.113. The van der Waals surface area contributed by atoms with Crippen LogP contribution in [0.15, 0.2) is 24.3 Å². The highest BCUT2D eigenvalue weighted by Gasteiger charge is 2.08. The van der Waals surface area contributed by atoms with Crippen LogP contribution in [0.2, 0.25) is 0 Å². The number of hydrazone groups is 1. The monoisotopic (exact) mass is 283 g/mol. The van der Waals surface area contributed by atoms with Crippen molar-refractivity contribution in [2.45, 2.75) is 0 Å². The number of guanidine groups is 1. The second kappa shape index (κ2) is 7.01. The summed E-state index contributed by atoms with van der Waals surface area (Å²) in [6.07, 6.45) is 0. The van der Waals surface area contributed by atoms with Gasteiger partial charge in [-0.15, -0.1) is 0 Å². The minimum Gasteiger partial charge on any atom is -0.497 e. The van der Waals surface area contributed by atoms with Crippen LogP contribution in [-0.2, 0) is 0 Å². The zero-order chi connectivity index (χ0) is 14.3. The molecule has 0 bridgehead atoms. The van der Waals surface area contributed by atoms with Crippen molar-refractivity contribution in [2.24, 2.45) is 11.6 Å². The second-order valence-electron chi connectivity index (χ2n) is 3.32. The molecule has 9 heteroatoms. The Labute approximate surface area is 115 Å². The van der Waals surface area contributed by atoms with Gasteiger partial charge in [0.15, 0.2) is 0 Å². The molecule has 8 N–H and O–H groups in total. The maximum atomic E-state index is 11.8. The van der Waals surface area contributed by atoms with Gasteiger partial charge in [0, 0.05) is 5.56 Å². The molecule has 1 aromatic rings. The molecule has 19 heavy (non-hydrogen) atoms. The Morgan fingerprint density at radius 1 is 1.32 bits per heavy atom. The van der Waals surface area contributed by atoms with E-state index in [0.29, 0.717) is 11.3 Å².